The number of halogens is 7. The fourth-order valence-corrected chi connectivity index (χ4v) is 4.68. The molecule has 0 saturated heterocycles. The lowest BCUT2D eigenvalue weighted by Gasteiger charge is -2.34. The number of anilines is 1. The fraction of sp³-hybridized carbons (Fsp3) is 0.484. The zero-order chi connectivity index (χ0) is 37.1. The van der Waals surface area contributed by atoms with Crippen LogP contribution in [0.25, 0.3) is 17.2 Å². The van der Waals surface area contributed by atoms with Crippen LogP contribution in [0.15, 0.2) is 35.3 Å². The number of fused-ring (bicyclic) bond motifs is 7. The van der Waals surface area contributed by atoms with Gasteiger partial charge in [0, 0.05) is 12.0 Å². The number of aromatic nitrogens is 3. The summed E-state index contributed by atoms with van der Waals surface area (Å²) in [4.78, 5) is 17.6. The summed E-state index contributed by atoms with van der Waals surface area (Å²) < 4.78 is 125. The smallest absolute Gasteiger partial charge is 0.430 e. The van der Waals surface area contributed by atoms with E-state index in [2.05, 4.69) is 21.8 Å². The SMILES string of the molecule is C=C1C[C@@H](C)Oc2nc(c(N(C(=O)OC(C)(C)C)C(O)OC(C)(C)C)cc2C(F)(F)F)-c2nnc(o2)C(O)(C(F)(F)F)c2cc1ccc2F. The van der Waals surface area contributed by atoms with Crippen molar-refractivity contribution in [1.82, 2.24) is 15.2 Å². The molecule has 1 aliphatic rings. The normalized spacial score (nSPS) is 19.5. The lowest BCUT2D eigenvalue weighted by molar-refractivity contribution is -0.256. The monoisotopic (exact) mass is 706 g/mol. The zero-order valence-corrected chi connectivity index (χ0v) is 27.2. The van der Waals surface area contributed by atoms with Crippen molar-refractivity contribution in [2.24, 2.45) is 0 Å². The topological polar surface area (TPSA) is 140 Å². The molecule has 0 fully saturated rings. The third kappa shape index (κ3) is 7.80. The first-order chi connectivity index (χ1) is 22.2. The Hall–Kier alpha value is -4.29. The molecule has 3 heterocycles. The molecule has 0 aliphatic carbocycles. The van der Waals surface area contributed by atoms with Crippen LogP contribution in [0.3, 0.4) is 0 Å². The molecule has 2 N–H and O–H groups in total. The first kappa shape index (κ1) is 37.5. The molecule has 2 aromatic heterocycles. The minimum absolute atomic E-state index is 0.00879. The minimum atomic E-state index is -5.72. The van der Waals surface area contributed by atoms with Gasteiger partial charge in [-0.05, 0) is 77.8 Å². The number of hydrogen-bond donors (Lipinski definition) is 2. The van der Waals surface area contributed by atoms with Gasteiger partial charge in [0.2, 0.25) is 12.3 Å². The highest BCUT2D eigenvalue weighted by Gasteiger charge is 2.62. The predicted molar refractivity (Wildman–Crippen MR) is 157 cm³/mol. The van der Waals surface area contributed by atoms with Crippen LogP contribution in [-0.2, 0) is 21.3 Å². The van der Waals surface area contributed by atoms with Gasteiger partial charge >= 0.3 is 18.4 Å². The van der Waals surface area contributed by atoms with E-state index in [-0.39, 0.29) is 22.5 Å². The van der Waals surface area contributed by atoms with Crippen molar-refractivity contribution in [3.63, 3.8) is 0 Å². The van der Waals surface area contributed by atoms with Crippen molar-refractivity contribution in [2.75, 3.05) is 4.90 Å². The van der Waals surface area contributed by atoms with Crippen LogP contribution in [0.5, 0.6) is 5.88 Å². The first-order valence-corrected chi connectivity index (χ1v) is 14.5. The van der Waals surface area contributed by atoms with Gasteiger partial charge in [-0.15, -0.1) is 10.2 Å². The highest BCUT2D eigenvalue weighted by Crippen LogP contribution is 2.48. The maximum Gasteiger partial charge on any atom is 0.430 e. The number of aliphatic hydroxyl groups is 2. The van der Waals surface area contributed by atoms with Crippen LogP contribution in [0.2, 0.25) is 0 Å². The Morgan fingerprint density at radius 1 is 1.06 bits per heavy atom. The molecule has 1 amide bonds. The number of carbonyl (C=O) groups is 1. The first-order valence-electron chi connectivity index (χ1n) is 14.5. The molecule has 49 heavy (non-hydrogen) atoms. The number of aliphatic hydroxyl groups excluding tert-OH is 1. The maximum absolute atomic E-state index is 15.1. The second-order valence-electron chi connectivity index (χ2n) is 13.2. The molecule has 268 valence electrons. The van der Waals surface area contributed by atoms with Crippen molar-refractivity contribution in [1.29, 1.82) is 0 Å². The van der Waals surface area contributed by atoms with E-state index in [1.54, 1.807) is 0 Å². The number of hydrogen-bond acceptors (Lipinski definition) is 10. The van der Waals surface area contributed by atoms with Crippen LogP contribution in [0.4, 0.5) is 41.2 Å². The molecule has 4 rings (SSSR count). The molecule has 3 aromatic rings. The molecule has 0 spiro atoms. The van der Waals surface area contributed by atoms with E-state index in [0.29, 0.717) is 18.2 Å². The van der Waals surface area contributed by atoms with Gasteiger partial charge in [0.05, 0.1) is 11.3 Å². The Morgan fingerprint density at radius 3 is 2.24 bits per heavy atom. The summed E-state index contributed by atoms with van der Waals surface area (Å²) in [5.74, 6) is -5.42. The Morgan fingerprint density at radius 2 is 1.69 bits per heavy atom. The van der Waals surface area contributed by atoms with Gasteiger partial charge in [-0.2, -0.15) is 26.3 Å². The van der Waals surface area contributed by atoms with Crippen molar-refractivity contribution in [2.45, 2.75) is 96.6 Å². The number of pyridine rings is 1. The zero-order valence-electron chi connectivity index (χ0n) is 27.2. The Kier molecular flexibility index (Phi) is 9.61. The van der Waals surface area contributed by atoms with Crippen molar-refractivity contribution in [3.8, 4) is 17.5 Å². The lowest BCUT2D eigenvalue weighted by atomic mass is 9.89. The molecular formula is C31H33F7N4O7. The highest BCUT2D eigenvalue weighted by molar-refractivity contribution is 5.92. The van der Waals surface area contributed by atoms with E-state index in [1.165, 1.54) is 48.5 Å². The van der Waals surface area contributed by atoms with E-state index >= 15 is 4.39 Å². The van der Waals surface area contributed by atoms with Crippen LogP contribution in [0.1, 0.15) is 77.5 Å². The molecule has 6 bridgehead atoms. The van der Waals surface area contributed by atoms with E-state index in [0.717, 1.165) is 6.07 Å². The molecule has 11 nitrogen and oxygen atoms in total. The van der Waals surface area contributed by atoms with Crippen LogP contribution in [0, 0.1) is 5.82 Å². The Balaban J connectivity index is 2.13. The maximum atomic E-state index is 15.1. The average Bonchev–Trinajstić information content (AvgIpc) is 3.40. The summed E-state index contributed by atoms with van der Waals surface area (Å²) in [7, 11) is 0. The van der Waals surface area contributed by atoms with Gasteiger partial charge in [-0.1, -0.05) is 12.6 Å². The molecular weight excluding hydrogens is 673 g/mol. The number of ether oxygens (including phenoxy) is 3. The quantitative estimate of drug-likeness (QED) is 0.214. The van der Waals surface area contributed by atoms with Crippen molar-refractivity contribution >= 4 is 17.4 Å². The number of benzene rings is 1. The predicted octanol–water partition coefficient (Wildman–Crippen LogP) is 7.10. The van der Waals surface area contributed by atoms with Gasteiger partial charge in [0.1, 0.15) is 23.1 Å². The molecule has 18 heteroatoms. The second kappa shape index (κ2) is 12.5. The number of alkyl halides is 6. The standard InChI is InChI=1S/C31H33F7N4O7/c1-14-11-15(2)46-22-18(30(33,34)35)13-20(42(25(43)48-27(3,4)5)26(44)49-28(6,7)8)21(39-22)23-40-41-24(47-23)29(45,31(36,37)38)17-12-16(14)9-10-19(17)32/h9-10,12-13,15,25,43,45H,1,11H2,2-8H3/t15-,25?,29?/m1/s1. The Bertz CT molecular complexity index is 1750. The summed E-state index contributed by atoms with van der Waals surface area (Å²) in [5, 5.41) is 29.0. The van der Waals surface area contributed by atoms with Crippen LogP contribution >= 0.6 is 0 Å². The van der Waals surface area contributed by atoms with E-state index in [4.69, 9.17) is 18.6 Å². The van der Waals surface area contributed by atoms with Crippen LogP contribution in [-0.4, -0.2) is 61.4 Å². The van der Waals surface area contributed by atoms with Crippen molar-refractivity contribution in [3.05, 3.63) is 59.2 Å². The molecule has 1 aromatic carbocycles. The fourth-order valence-electron chi connectivity index (χ4n) is 4.68. The summed E-state index contributed by atoms with van der Waals surface area (Å²) in [6.45, 7) is 13.6. The van der Waals surface area contributed by atoms with Gasteiger partial charge in [-0.25, -0.2) is 19.1 Å². The number of nitrogens with zero attached hydrogens (tertiary/aromatic N) is 4. The van der Waals surface area contributed by atoms with Crippen molar-refractivity contribution < 1.29 is 64.4 Å². The summed E-state index contributed by atoms with van der Waals surface area (Å²) in [6.07, 6.45) is -16.4. The number of amides is 1. The van der Waals surface area contributed by atoms with Gasteiger partial charge in [-0.3, -0.25) is 0 Å². The molecule has 1 aliphatic heterocycles. The van der Waals surface area contributed by atoms with Crippen LogP contribution < -0.4 is 9.64 Å². The summed E-state index contributed by atoms with van der Waals surface area (Å²) in [5.41, 5.74) is -11.9. The van der Waals surface area contributed by atoms with Gasteiger partial charge in [0.15, 0.2) is 5.69 Å². The number of rotatable bonds is 3. The highest BCUT2D eigenvalue weighted by atomic mass is 19.4. The molecule has 2 unspecified atom stereocenters. The molecule has 0 saturated carbocycles. The average molecular weight is 707 g/mol. The summed E-state index contributed by atoms with van der Waals surface area (Å²) >= 11 is 0. The number of carbonyl (C=O) groups excluding carboxylic acids is 1. The third-order valence-electron chi connectivity index (χ3n) is 6.76. The van der Waals surface area contributed by atoms with E-state index in [1.807, 2.05) is 0 Å². The van der Waals surface area contributed by atoms with Gasteiger partial charge in [0.25, 0.3) is 17.4 Å². The summed E-state index contributed by atoms with van der Waals surface area (Å²) in [6, 6.07) is 2.62. The second-order valence-corrected chi connectivity index (χ2v) is 13.2. The Labute approximate surface area is 275 Å². The molecule has 0 radical (unpaired) electrons. The third-order valence-corrected chi connectivity index (χ3v) is 6.76. The largest absolute Gasteiger partial charge is 0.474 e. The lowest BCUT2D eigenvalue weighted by Crippen LogP contribution is -2.48. The van der Waals surface area contributed by atoms with E-state index in [9.17, 15) is 41.4 Å². The van der Waals surface area contributed by atoms with Gasteiger partial charge < -0.3 is 28.8 Å². The molecule has 3 atom stereocenters. The van der Waals surface area contributed by atoms with E-state index < -0.39 is 93.8 Å². The minimum Gasteiger partial charge on any atom is -0.474 e.